The Kier molecular flexibility index (Phi) is 6.62. The first-order chi connectivity index (χ1) is 21.8. The quantitative estimate of drug-likeness (QED) is 0.102. The Balaban J connectivity index is 1.26. The van der Waals surface area contributed by atoms with E-state index in [0.717, 1.165) is 0 Å². The first kappa shape index (κ1) is 27.6. The van der Waals surface area contributed by atoms with Crippen molar-refractivity contribution < 1.29 is 33.6 Å². The predicted molar refractivity (Wildman–Crippen MR) is 160 cm³/mol. The molecule has 5 aromatic carbocycles. The lowest BCUT2D eigenvalue weighted by Crippen LogP contribution is -2.33. The number of hydrogen-bond donors (Lipinski definition) is 0. The minimum absolute atomic E-state index is 0.0533. The van der Waals surface area contributed by atoms with E-state index < -0.39 is 21.4 Å². The molecule has 0 aliphatic carbocycles. The van der Waals surface area contributed by atoms with E-state index in [0.29, 0.717) is 56.4 Å². The van der Waals surface area contributed by atoms with Crippen molar-refractivity contribution in [3.05, 3.63) is 163 Å². The van der Waals surface area contributed by atoms with E-state index >= 15 is 0 Å². The van der Waals surface area contributed by atoms with Crippen LogP contribution in [0.5, 0.6) is 23.0 Å². The highest BCUT2D eigenvalue weighted by Crippen LogP contribution is 2.57. The molecule has 0 saturated heterocycles. The number of nitrogens with zero attached hydrogens (tertiary/aromatic N) is 2. The Morgan fingerprint density at radius 1 is 0.622 bits per heavy atom. The molecule has 7 rings (SSSR count). The van der Waals surface area contributed by atoms with Gasteiger partial charge in [0.25, 0.3) is 11.4 Å². The van der Waals surface area contributed by atoms with Gasteiger partial charge in [-0.3, -0.25) is 20.2 Å². The predicted octanol–water partition coefficient (Wildman–Crippen LogP) is 7.23. The third-order valence-corrected chi connectivity index (χ3v) is 7.82. The van der Waals surface area contributed by atoms with Gasteiger partial charge in [0.15, 0.2) is 5.60 Å². The molecule has 0 fully saturated rings. The minimum atomic E-state index is -1.33. The number of nitro benzene ring substituents is 2. The van der Waals surface area contributed by atoms with Crippen LogP contribution in [0.2, 0.25) is 0 Å². The molecule has 0 amide bonds. The van der Waals surface area contributed by atoms with Crippen molar-refractivity contribution >= 4 is 17.3 Å². The monoisotopic (exact) mass is 602 g/mol. The van der Waals surface area contributed by atoms with E-state index in [-0.39, 0.29) is 24.6 Å². The summed E-state index contributed by atoms with van der Waals surface area (Å²) in [6, 6.07) is 30.0. The fourth-order valence-corrected chi connectivity index (χ4v) is 5.76. The Bertz CT molecular complexity index is 1910. The van der Waals surface area contributed by atoms with Crippen LogP contribution < -0.4 is 14.2 Å². The molecule has 0 N–H and O–H groups in total. The summed E-state index contributed by atoms with van der Waals surface area (Å²) in [6.45, 7) is -0.113. The van der Waals surface area contributed by atoms with Gasteiger partial charge in [-0.1, -0.05) is 42.5 Å². The second kappa shape index (κ2) is 10.8. The Morgan fingerprint density at radius 3 is 1.64 bits per heavy atom. The molecule has 45 heavy (non-hydrogen) atoms. The summed E-state index contributed by atoms with van der Waals surface area (Å²) < 4.78 is 24.4. The van der Waals surface area contributed by atoms with Crippen LogP contribution >= 0.6 is 0 Å². The highest BCUT2D eigenvalue weighted by atomic mass is 16.6. The fraction of sp³-hybridized carbons (Fsp3) is 0.0882. The largest absolute Gasteiger partial charge is 0.489 e. The molecule has 11 heteroatoms. The molecule has 0 aromatic heterocycles. The zero-order valence-corrected chi connectivity index (χ0v) is 23.4. The van der Waals surface area contributed by atoms with Crippen molar-refractivity contribution in [2.75, 3.05) is 0 Å². The summed E-state index contributed by atoms with van der Waals surface area (Å²) in [6.07, 6.45) is 0. The number of para-hydroxylation sites is 2. The Hall–Kier alpha value is -6.23. The number of rotatable bonds is 8. The molecule has 1 spiro atoms. The third kappa shape index (κ3) is 4.67. The normalized spacial score (nSPS) is 13.6. The van der Waals surface area contributed by atoms with Crippen molar-refractivity contribution in [3.8, 4) is 23.0 Å². The molecule has 0 saturated carbocycles. The molecule has 0 atom stereocenters. The fourth-order valence-electron chi connectivity index (χ4n) is 5.76. The lowest BCUT2D eigenvalue weighted by atomic mass is 9.77. The third-order valence-electron chi connectivity index (χ3n) is 7.82. The van der Waals surface area contributed by atoms with E-state index in [1.807, 2.05) is 12.1 Å². The van der Waals surface area contributed by atoms with E-state index in [4.69, 9.17) is 18.9 Å². The molecule has 5 aromatic rings. The molecule has 0 radical (unpaired) electrons. The first-order valence-electron chi connectivity index (χ1n) is 13.8. The number of hydrogen-bond acceptors (Lipinski definition) is 9. The zero-order valence-electron chi connectivity index (χ0n) is 23.4. The summed E-state index contributed by atoms with van der Waals surface area (Å²) >= 11 is 0. The number of carbonyl (C=O) groups is 1. The smallest absolute Gasteiger partial charge is 0.340 e. The van der Waals surface area contributed by atoms with Gasteiger partial charge in [-0.25, -0.2) is 4.79 Å². The van der Waals surface area contributed by atoms with Crippen molar-refractivity contribution in [2.24, 2.45) is 0 Å². The summed E-state index contributed by atoms with van der Waals surface area (Å²) in [5.74, 6) is 0.974. The van der Waals surface area contributed by atoms with Crippen molar-refractivity contribution in [1.29, 1.82) is 0 Å². The average molecular weight is 603 g/mol. The number of esters is 1. The van der Waals surface area contributed by atoms with Gasteiger partial charge in [0.2, 0.25) is 0 Å². The molecule has 0 bridgehead atoms. The highest BCUT2D eigenvalue weighted by Gasteiger charge is 2.53. The van der Waals surface area contributed by atoms with Crippen LogP contribution in [-0.2, 0) is 23.6 Å². The molecular formula is C34H22N2O9. The van der Waals surface area contributed by atoms with Gasteiger partial charge in [-0.05, 0) is 42.5 Å². The maximum absolute atomic E-state index is 13.2. The van der Waals surface area contributed by atoms with Crippen LogP contribution in [-0.4, -0.2) is 15.8 Å². The Morgan fingerprint density at radius 2 is 1.11 bits per heavy atom. The molecular weight excluding hydrogens is 580 g/mol. The van der Waals surface area contributed by atoms with Gasteiger partial charge >= 0.3 is 5.97 Å². The maximum atomic E-state index is 13.2. The SMILES string of the molecule is O=C1OC2(c3ccc(OCc4ccccc4[N+](=O)[O-])cc3Oc3cc(OCc4ccccc4[N+](=O)[O-])ccc32)c2ccccc21. The molecule has 11 nitrogen and oxygen atoms in total. The summed E-state index contributed by atoms with van der Waals surface area (Å²) in [5.41, 5.74) is 1.57. The van der Waals surface area contributed by atoms with E-state index in [1.165, 1.54) is 12.1 Å². The van der Waals surface area contributed by atoms with Crippen molar-refractivity contribution in [1.82, 2.24) is 0 Å². The van der Waals surface area contributed by atoms with Crippen LogP contribution in [0.3, 0.4) is 0 Å². The lowest BCUT2D eigenvalue weighted by Gasteiger charge is -2.36. The standard InChI is InChI=1S/C34H22N2O9/c37-33-25-9-3-4-10-26(25)34(45-33)27-15-13-23(42-19-21-7-1-5-11-29(21)35(38)39)17-31(27)44-32-18-24(14-16-28(32)34)43-20-22-8-2-6-12-30(22)36(40)41/h1-18H,19-20H2. The number of ether oxygens (including phenoxy) is 4. The van der Waals surface area contributed by atoms with E-state index in [2.05, 4.69) is 0 Å². The van der Waals surface area contributed by atoms with Crippen molar-refractivity contribution in [2.45, 2.75) is 18.8 Å². The summed E-state index contributed by atoms with van der Waals surface area (Å²) in [5, 5.41) is 22.9. The van der Waals surface area contributed by atoms with Gasteiger partial charge in [0.1, 0.15) is 36.2 Å². The molecule has 2 heterocycles. The van der Waals surface area contributed by atoms with Crippen molar-refractivity contribution in [3.63, 3.8) is 0 Å². The molecule has 0 unspecified atom stereocenters. The number of fused-ring (bicyclic) bond motifs is 6. The van der Waals surface area contributed by atoms with Crippen LogP contribution in [0.25, 0.3) is 0 Å². The maximum Gasteiger partial charge on any atom is 0.340 e. The summed E-state index contributed by atoms with van der Waals surface area (Å²) in [4.78, 5) is 35.2. The number of benzene rings is 5. The van der Waals surface area contributed by atoms with Crippen LogP contribution in [0.4, 0.5) is 11.4 Å². The van der Waals surface area contributed by atoms with Crippen LogP contribution in [0.15, 0.2) is 109 Å². The first-order valence-corrected chi connectivity index (χ1v) is 13.8. The van der Waals surface area contributed by atoms with Gasteiger partial charge in [0, 0.05) is 41.0 Å². The van der Waals surface area contributed by atoms with Crippen LogP contribution in [0, 0.1) is 20.2 Å². The van der Waals surface area contributed by atoms with E-state index in [1.54, 1.807) is 84.9 Å². The number of nitro groups is 2. The minimum Gasteiger partial charge on any atom is -0.489 e. The Labute approximate surface area is 255 Å². The van der Waals surface area contributed by atoms with Gasteiger partial charge in [-0.15, -0.1) is 0 Å². The van der Waals surface area contributed by atoms with Gasteiger partial charge < -0.3 is 18.9 Å². The van der Waals surface area contributed by atoms with Crippen LogP contribution in [0.1, 0.15) is 38.2 Å². The molecule has 2 aliphatic rings. The molecule has 2 aliphatic heterocycles. The number of carbonyl (C=O) groups excluding carboxylic acids is 1. The van der Waals surface area contributed by atoms with E-state index in [9.17, 15) is 25.0 Å². The second-order valence-corrected chi connectivity index (χ2v) is 10.4. The lowest BCUT2D eigenvalue weighted by molar-refractivity contribution is -0.386. The topological polar surface area (TPSA) is 140 Å². The van der Waals surface area contributed by atoms with Gasteiger partial charge in [0.05, 0.1) is 26.5 Å². The average Bonchev–Trinajstić information content (AvgIpc) is 3.35. The molecule has 222 valence electrons. The second-order valence-electron chi connectivity index (χ2n) is 10.4. The van der Waals surface area contributed by atoms with Gasteiger partial charge in [-0.2, -0.15) is 0 Å². The highest BCUT2D eigenvalue weighted by molar-refractivity contribution is 5.97. The summed E-state index contributed by atoms with van der Waals surface area (Å²) in [7, 11) is 0. The zero-order chi connectivity index (χ0) is 31.1.